The van der Waals surface area contributed by atoms with E-state index >= 15 is 0 Å². The zero-order valence-electron chi connectivity index (χ0n) is 17.9. The van der Waals surface area contributed by atoms with Gasteiger partial charge in [-0.3, -0.25) is 0 Å². The fraction of sp³-hybridized carbons (Fsp3) is 0.545. The van der Waals surface area contributed by atoms with Gasteiger partial charge in [0.2, 0.25) is 0 Å². The average Bonchev–Trinajstić information content (AvgIpc) is 2.83. The van der Waals surface area contributed by atoms with Crippen LogP contribution in [0, 0.1) is 6.92 Å². The lowest BCUT2D eigenvalue weighted by Crippen LogP contribution is -2.41. The summed E-state index contributed by atoms with van der Waals surface area (Å²) in [5.41, 5.74) is 2.62. The van der Waals surface area contributed by atoms with Gasteiger partial charge in [-0.1, -0.05) is 12.1 Å². The standard InChI is InChI=1S/C22H30N2O4/c1-14-8-9-15-16-10-11-23(19(25)27-21(2,3)4)13-18(16)24(17(15)12-14)20(26)28-22(5,6)7/h8-9,12H,10-11,13H2,1-7H3. The summed E-state index contributed by atoms with van der Waals surface area (Å²) in [5, 5.41) is 1.04. The van der Waals surface area contributed by atoms with E-state index in [0.29, 0.717) is 19.5 Å². The van der Waals surface area contributed by atoms with Crippen LogP contribution in [0.1, 0.15) is 58.4 Å². The second-order valence-electron chi connectivity index (χ2n) is 9.41. The van der Waals surface area contributed by atoms with Crippen LogP contribution in [0.5, 0.6) is 0 Å². The molecule has 0 saturated heterocycles. The van der Waals surface area contributed by atoms with E-state index in [1.54, 1.807) is 9.47 Å². The number of aryl methyl sites for hydroxylation is 1. The fourth-order valence-corrected chi connectivity index (χ4v) is 3.47. The minimum Gasteiger partial charge on any atom is -0.444 e. The monoisotopic (exact) mass is 386 g/mol. The number of fused-ring (bicyclic) bond motifs is 3. The van der Waals surface area contributed by atoms with Crippen LogP contribution < -0.4 is 0 Å². The van der Waals surface area contributed by atoms with Gasteiger partial charge >= 0.3 is 12.2 Å². The summed E-state index contributed by atoms with van der Waals surface area (Å²) in [6.45, 7) is 14.0. The second kappa shape index (κ2) is 6.83. The van der Waals surface area contributed by atoms with Gasteiger partial charge in [-0.25, -0.2) is 14.2 Å². The molecule has 0 saturated carbocycles. The largest absolute Gasteiger partial charge is 0.444 e. The Labute approximate surface area is 166 Å². The molecule has 0 atom stereocenters. The molecule has 6 heteroatoms. The molecule has 2 aromatic rings. The quantitative estimate of drug-likeness (QED) is 0.637. The maximum Gasteiger partial charge on any atom is 0.419 e. The number of hydrogen-bond acceptors (Lipinski definition) is 4. The zero-order valence-corrected chi connectivity index (χ0v) is 17.9. The first-order valence-corrected chi connectivity index (χ1v) is 9.70. The van der Waals surface area contributed by atoms with Crippen LogP contribution in [0.2, 0.25) is 0 Å². The number of hydrogen-bond donors (Lipinski definition) is 0. The fourth-order valence-electron chi connectivity index (χ4n) is 3.47. The lowest BCUT2D eigenvalue weighted by molar-refractivity contribution is 0.0212. The molecular weight excluding hydrogens is 356 g/mol. The van der Waals surface area contributed by atoms with Gasteiger partial charge < -0.3 is 14.4 Å². The lowest BCUT2D eigenvalue weighted by Gasteiger charge is -2.31. The van der Waals surface area contributed by atoms with E-state index in [1.165, 1.54) is 0 Å². The first-order chi connectivity index (χ1) is 12.9. The molecule has 1 aliphatic rings. The minimum absolute atomic E-state index is 0.317. The van der Waals surface area contributed by atoms with Crippen molar-refractivity contribution in [2.24, 2.45) is 0 Å². The Hall–Kier alpha value is -2.50. The van der Waals surface area contributed by atoms with Gasteiger partial charge in [0, 0.05) is 11.9 Å². The van der Waals surface area contributed by atoms with E-state index < -0.39 is 17.3 Å². The molecule has 1 aromatic carbocycles. The molecule has 0 spiro atoms. The van der Waals surface area contributed by atoms with Crippen LogP contribution in [0.25, 0.3) is 10.9 Å². The molecule has 6 nitrogen and oxygen atoms in total. The summed E-state index contributed by atoms with van der Waals surface area (Å²) in [6.07, 6.45) is -0.116. The third-order valence-electron chi connectivity index (χ3n) is 4.54. The van der Waals surface area contributed by atoms with Gasteiger partial charge in [0.15, 0.2) is 0 Å². The van der Waals surface area contributed by atoms with E-state index in [9.17, 15) is 9.59 Å². The highest BCUT2D eigenvalue weighted by atomic mass is 16.6. The topological polar surface area (TPSA) is 60.8 Å². The third kappa shape index (κ3) is 4.16. The molecule has 152 valence electrons. The van der Waals surface area contributed by atoms with E-state index in [4.69, 9.17) is 9.47 Å². The molecule has 2 heterocycles. The first kappa shape index (κ1) is 20.2. The molecule has 0 N–H and O–H groups in total. The molecule has 0 unspecified atom stereocenters. The van der Waals surface area contributed by atoms with E-state index in [1.807, 2.05) is 66.7 Å². The number of rotatable bonds is 0. The molecule has 1 aliphatic heterocycles. The lowest BCUT2D eigenvalue weighted by atomic mass is 10.0. The highest BCUT2D eigenvalue weighted by Crippen LogP contribution is 2.32. The Morgan fingerprint density at radius 2 is 1.57 bits per heavy atom. The molecule has 3 rings (SSSR count). The van der Waals surface area contributed by atoms with Crippen LogP contribution in [0.3, 0.4) is 0 Å². The molecule has 0 aliphatic carbocycles. The molecule has 28 heavy (non-hydrogen) atoms. The molecule has 0 radical (unpaired) electrons. The first-order valence-electron chi connectivity index (χ1n) is 9.70. The maximum absolute atomic E-state index is 13.0. The molecular formula is C22H30N2O4. The van der Waals surface area contributed by atoms with Gasteiger partial charge in [-0.2, -0.15) is 0 Å². The number of nitrogens with zero attached hydrogens (tertiary/aromatic N) is 2. The van der Waals surface area contributed by atoms with Gasteiger partial charge in [0.25, 0.3) is 0 Å². The van der Waals surface area contributed by atoms with Crippen molar-refractivity contribution in [1.82, 2.24) is 9.47 Å². The predicted molar refractivity (Wildman–Crippen MR) is 109 cm³/mol. The Kier molecular flexibility index (Phi) is 4.94. The number of amides is 1. The summed E-state index contributed by atoms with van der Waals surface area (Å²) in [7, 11) is 0. The van der Waals surface area contributed by atoms with Crippen molar-refractivity contribution in [3.8, 4) is 0 Å². The molecule has 1 aromatic heterocycles. The van der Waals surface area contributed by atoms with Crippen molar-refractivity contribution >= 4 is 23.1 Å². The molecule has 0 fully saturated rings. The van der Waals surface area contributed by atoms with Crippen molar-refractivity contribution in [3.05, 3.63) is 35.0 Å². The smallest absolute Gasteiger partial charge is 0.419 e. The highest BCUT2D eigenvalue weighted by molar-refractivity contribution is 5.94. The number of carbonyl (C=O) groups is 2. The van der Waals surface area contributed by atoms with Gasteiger partial charge in [0.05, 0.1) is 17.8 Å². The van der Waals surface area contributed by atoms with Crippen LogP contribution in [-0.2, 0) is 22.4 Å². The highest BCUT2D eigenvalue weighted by Gasteiger charge is 2.32. The van der Waals surface area contributed by atoms with Gasteiger partial charge in [0.1, 0.15) is 11.2 Å². The number of benzene rings is 1. The normalized spacial score (nSPS) is 14.8. The summed E-state index contributed by atoms with van der Waals surface area (Å²) >= 11 is 0. The maximum atomic E-state index is 13.0. The summed E-state index contributed by atoms with van der Waals surface area (Å²) in [6, 6.07) is 6.09. The molecule has 0 bridgehead atoms. The van der Waals surface area contributed by atoms with Crippen molar-refractivity contribution in [2.75, 3.05) is 6.54 Å². The van der Waals surface area contributed by atoms with Crippen molar-refractivity contribution in [1.29, 1.82) is 0 Å². The van der Waals surface area contributed by atoms with E-state index in [2.05, 4.69) is 0 Å². The van der Waals surface area contributed by atoms with Crippen LogP contribution in [0.15, 0.2) is 18.2 Å². The van der Waals surface area contributed by atoms with Gasteiger partial charge in [-0.05, 0) is 72.1 Å². The van der Waals surface area contributed by atoms with Crippen molar-refractivity contribution < 1.29 is 19.1 Å². The predicted octanol–water partition coefficient (Wildman–Crippen LogP) is 5.03. The van der Waals surface area contributed by atoms with Crippen LogP contribution >= 0.6 is 0 Å². The summed E-state index contributed by atoms with van der Waals surface area (Å²) in [4.78, 5) is 27.3. The Morgan fingerprint density at radius 1 is 0.964 bits per heavy atom. The van der Waals surface area contributed by atoms with Crippen molar-refractivity contribution in [2.45, 2.75) is 72.6 Å². The van der Waals surface area contributed by atoms with E-state index in [-0.39, 0.29) is 6.09 Å². The zero-order chi connectivity index (χ0) is 20.9. The second-order valence-corrected chi connectivity index (χ2v) is 9.41. The molecule has 1 amide bonds. The average molecular weight is 386 g/mol. The Balaban J connectivity index is 2.05. The van der Waals surface area contributed by atoms with Crippen molar-refractivity contribution in [3.63, 3.8) is 0 Å². The Bertz CT molecular complexity index is 929. The van der Waals surface area contributed by atoms with Crippen LogP contribution in [-0.4, -0.2) is 39.4 Å². The number of aromatic nitrogens is 1. The minimum atomic E-state index is -0.607. The number of carbonyl (C=O) groups excluding carboxylic acids is 2. The SMILES string of the molecule is Cc1ccc2c3c(n(C(=O)OC(C)(C)C)c2c1)CN(C(=O)OC(C)(C)C)CC3. The van der Waals surface area contributed by atoms with Gasteiger partial charge in [-0.15, -0.1) is 0 Å². The third-order valence-corrected chi connectivity index (χ3v) is 4.54. The Morgan fingerprint density at radius 3 is 2.18 bits per heavy atom. The number of ether oxygens (including phenoxy) is 2. The van der Waals surface area contributed by atoms with Crippen LogP contribution in [0.4, 0.5) is 9.59 Å². The summed E-state index contributed by atoms with van der Waals surface area (Å²) < 4.78 is 12.8. The van der Waals surface area contributed by atoms with E-state index in [0.717, 1.165) is 27.7 Å². The summed E-state index contributed by atoms with van der Waals surface area (Å²) in [5.74, 6) is 0.